The molecule has 2 nitrogen and oxygen atoms in total. The number of hydrogen-bond donors (Lipinski definition) is 2. The van der Waals surface area contributed by atoms with Crippen molar-refractivity contribution in [2.45, 2.75) is 45.1 Å². The molecule has 1 aliphatic carbocycles. The van der Waals surface area contributed by atoms with Gasteiger partial charge in [-0.05, 0) is 42.4 Å². The topological polar surface area (TPSA) is 38.0 Å². The maximum absolute atomic E-state index is 6.23. The molecule has 1 unspecified atom stereocenters. The summed E-state index contributed by atoms with van der Waals surface area (Å²) in [5.74, 6) is 5.75. The number of hydrazine groups is 1. The van der Waals surface area contributed by atoms with E-state index in [2.05, 4.69) is 12.3 Å². The molecule has 1 fully saturated rings. The molecule has 0 saturated heterocycles. The van der Waals surface area contributed by atoms with Crippen molar-refractivity contribution in [3.05, 3.63) is 33.8 Å². The van der Waals surface area contributed by atoms with E-state index in [4.69, 9.17) is 29.0 Å². The maximum atomic E-state index is 6.23. The summed E-state index contributed by atoms with van der Waals surface area (Å²) in [4.78, 5) is 0. The zero-order valence-corrected chi connectivity index (χ0v) is 12.2. The molecular formula is C14H20Cl2N2. The highest BCUT2D eigenvalue weighted by atomic mass is 35.5. The van der Waals surface area contributed by atoms with Crippen LogP contribution in [0.2, 0.25) is 10.0 Å². The van der Waals surface area contributed by atoms with Crippen molar-refractivity contribution >= 4 is 23.2 Å². The van der Waals surface area contributed by atoms with Crippen LogP contribution in [0.5, 0.6) is 0 Å². The SMILES string of the molecule is CC1(C(Cc2ccc(Cl)cc2Cl)NN)CCCC1. The van der Waals surface area contributed by atoms with E-state index in [1.807, 2.05) is 12.1 Å². The van der Waals surface area contributed by atoms with Crippen LogP contribution >= 0.6 is 23.2 Å². The van der Waals surface area contributed by atoms with E-state index >= 15 is 0 Å². The van der Waals surface area contributed by atoms with Gasteiger partial charge in [0, 0.05) is 16.1 Å². The Kier molecular flexibility index (Phi) is 4.54. The fraction of sp³-hybridized carbons (Fsp3) is 0.571. The first-order valence-corrected chi connectivity index (χ1v) is 7.21. The summed E-state index contributed by atoms with van der Waals surface area (Å²) in [6.45, 7) is 2.31. The van der Waals surface area contributed by atoms with Gasteiger partial charge in [0.1, 0.15) is 0 Å². The highest BCUT2D eigenvalue weighted by molar-refractivity contribution is 6.35. The molecule has 4 heteroatoms. The molecule has 3 N–H and O–H groups in total. The molecule has 0 aromatic heterocycles. The Bertz CT molecular complexity index is 414. The Labute approximate surface area is 119 Å². The lowest BCUT2D eigenvalue weighted by Crippen LogP contribution is -2.47. The number of rotatable bonds is 4. The Balaban J connectivity index is 2.15. The first kappa shape index (κ1) is 14.1. The third-order valence-corrected chi connectivity index (χ3v) is 4.81. The first-order chi connectivity index (χ1) is 8.55. The lowest BCUT2D eigenvalue weighted by atomic mass is 9.78. The average molecular weight is 287 g/mol. The number of halogens is 2. The molecular weight excluding hydrogens is 267 g/mol. The molecule has 0 heterocycles. The zero-order chi connectivity index (χ0) is 13.2. The van der Waals surface area contributed by atoms with Crippen molar-refractivity contribution in [3.63, 3.8) is 0 Å². The van der Waals surface area contributed by atoms with Gasteiger partial charge >= 0.3 is 0 Å². The molecule has 0 radical (unpaired) electrons. The monoisotopic (exact) mass is 286 g/mol. The van der Waals surface area contributed by atoms with Crippen LogP contribution in [0.4, 0.5) is 0 Å². The van der Waals surface area contributed by atoms with Crippen molar-refractivity contribution in [1.82, 2.24) is 5.43 Å². The molecule has 1 atom stereocenters. The number of nitrogens with one attached hydrogen (secondary N) is 1. The van der Waals surface area contributed by atoms with Crippen molar-refractivity contribution in [3.8, 4) is 0 Å². The first-order valence-electron chi connectivity index (χ1n) is 6.45. The number of hydrogen-bond acceptors (Lipinski definition) is 2. The number of benzene rings is 1. The summed E-state index contributed by atoms with van der Waals surface area (Å²) in [7, 11) is 0. The number of nitrogens with two attached hydrogens (primary N) is 1. The van der Waals surface area contributed by atoms with Gasteiger partial charge in [-0.15, -0.1) is 0 Å². The molecule has 2 rings (SSSR count). The van der Waals surface area contributed by atoms with Crippen LogP contribution in [0.3, 0.4) is 0 Å². The largest absolute Gasteiger partial charge is 0.271 e. The zero-order valence-electron chi connectivity index (χ0n) is 10.7. The average Bonchev–Trinajstić information content (AvgIpc) is 2.76. The second-order valence-corrected chi connectivity index (χ2v) is 6.36. The summed E-state index contributed by atoms with van der Waals surface area (Å²) in [6, 6.07) is 5.93. The van der Waals surface area contributed by atoms with Gasteiger partial charge < -0.3 is 0 Å². The fourth-order valence-corrected chi connectivity index (χ4v) is 3.43. The lowest BCUT2D eigenvalue weighted by molar-refractivity contribution is 0.221. The maximum Gasteiger partial charge on any atom is 0.0453 e. The van der Waals surface area contributed by atoms with Gasteiger partial charge in [-0.3, -0.25) is 11.3 Å². The van der Waals surface area contributed by atoms with Crippen LogP contribution < -0.4 is 11.3 Å². The van der Waals surface area contributed by atoms with Crippen molar-refractivity contribution in [2.75, 3.05) is 0 Å². The van der Waals surface area contributed by atoms with E-state index in [-0.39, 0.29) is 11.5 Å². The van der Waals surface area contributed by atoms with Crippen LogP contribution in [-0.4, -0.2) is 6.04 Å². The molecule has 0 spiro atoms. The lowest BCUT2D eigenvalue weighted by Gasteiger charge is -2.34. The molecule has 1 aliphatic rings. The Morgan fingerprint density at radius 1 is 1.33 bits per heavy atom. The summed E-state index contributed by atoms with van der Waals surface area (Å²) < 4.78 is 0. The Morgan fingerprint density at radius 2 is 2.00 bits per heavy atom. The molecule has 1 saturated carbocycles. The summed E-state index contributed by atoms with van der Waals surface area (Å²) in [5.41, 5.74) is 4.37. The highest BCUT2D eigenvalue weighted by Gasteiger charge is 2.36. The van der Waals surface area contributed by atoms with E-state index in [1.165, 1.54) is 25.7 Å². The third-order valence-electron chi connectivity index (χ3n) is 4.23. The summed E-state index contributed by atoms with van der Waals surface area (Å²) in [5, 5.41) is 1.40. The normalized spacial score (nSPS) is 20.0. The van der Waals surface area contributed by atoms with Crippen LogP contribution in [0.1, 0.15) is 38.2 Å². The van der Waals surface area contributed by atoms with E-state index in [9.17, 15) is 0 Å². The predicted octanol–water partition coefficient (Wildman–Crippen LogP) is 3.95. The standard InChI is InChI=1S/C14H20Cl2N2/c1-14(6-2-3-7-14)13(18-17)8-10-4-5-11(15)9-12(10)16/h4-5,9,13,18H,2-3,6-8,17H2,1H3. The second kappa shape index (κ2) is 5.79. The van der Waals surface area contributed by atoms with Gasteiger partial charge in [0.15, 0.2) is 0 Å². The van der Waals surface area contributed by atoms with E-state index < -0.39 is 0 Å². The minimum absolute atomic E-state index is 0.263. The van der Waals surface area contributed by atoms with Gasteiger partial charge in [-0.2, -0.15) is 0 Å². The van der Waals surface area contributed by atoms with E-state index in [0.717, 1.165) is 17.0 Å². The van der Waals surface area contributed by atoms with Crippen LogP contribution in [0.15, 0.2) is 18.2 Å². The van der Waals surface area contributed by atoms with Crippen LogP contribution in [0, 0.1) is 5.41 Å². The van der Waals surface area contributed by atoms with Gasteiger partial charge in [-0.1, -0.05) is 49.0 Å². The van der Waals surface area contributed by atoms with Crippen LogP contribution in [-0.2, 0) is 6.42 Å². The van der Waals surface area contributed by atoms with Crippen molar-refractivity contribution < 1.29 is 0 Å². The van der Waals surface area contributed by atoms with Crippen LogP contribution in [0.25, 0.3) is 0 Å². The van der Waals surface area contributed by atoms with Gasteiger partial charge in [0.2, 0.25) is 0 Å². The minimum Gasteiger partial charge on any atom is -0.271 e. The second-order valence-electron chi connectivity index (χ2n) is 5.52. The van der Waals surface area contributed by atoms with E-state index in [0.29, 0.717) is 5.02 Å². The summed E-state index contributed by atoms with van der Waals surface area (Å²) >= 11 is 12.1. The Hall–Kier alpha value is -0.280. The fourth-order valence-electron chi connectivity index (χ4n) is 2.94. The Morgan fingerprint density at radius 3 is 2.56 bits per heavy atom. The molecule has 1 aromatic rings. The molecule has 18 heavy (non-hydrogen) atoms. The van der Waals surface area contributed by atoms with Gasteiger partial charge in [0.05, 0.1) is 0 Å². The molecule has 1 aromatic carbocycles. The van der Waals surface area contributed by atoms with Crippen molar-refractivity contribution in [1.29, 1.82) is 0 Å². The minimum atomic E-state index is 0.263. The molecule has 0 aliphatic heterocycles. The molecule has 100 valence electrons. The summed E-state index contributed by atoms with van der Waals surface area (Å²) in [6.07, 6.45) is 5.90. The molecule has 0 amide bonds. The quantitative estimate of drug-likeness (QED) is 0.650. The van der Waals surface area contributed by atoms with Crippen molar-refractivity contribution in [2.24, 2.45) is 11.3 Å². The predicted molar refractivity (Wildman–Crippen MR) is 77.9 cm³/mol. The highest BCUT2D eigenvalue weighted by Crippen LogP contribution is 2.41. The van der Waals surface area contributed by atoms with Gasteiger partial charge in [0.25, 0.3) is 0 Å². The molecule has 0 bridgehead atoms. The third kappa shape index (κ3) is 3.00. The van der Waals surface area contributed by atoms with Gasteiger partial charge in [-0.25, -0.2) is 0 Å². The van der Waals surface area contributed by atoms with E-state index in [1.54, 1.807) is 6.07 Å². The smallest absolute Gasteiger partial charge is 0.0453 e.